The van der Waals surface area contributed by atoms with Crippen molar-refractivity contribution in [3.63, 3.8) is 0 Å². The Hall–Kier alpha value is -2.88. The van der Waals surface area contributed by atoms with Gasteiger partial charge in [-0.1, -0.05) is 0 Å². The van der Waals surface area contributed by atoms with E-state index in [1.165, 1.54) is 0 Å². The van der Waals surface area contributed by atoms with E-state index in [1.807, 2.05) is 0 Å². The summed E-state index contributed by atoms with van der Waals surface area (Å²) >= 11 is 0. The number of benzene rings is 1. The van der Waals surface area contributed by atoms with Crippen LogP contribution in [0.3, 0.4) is 0 Å². The molecule has 1 fully saturated rings. The summed E-state index contributed by atoms with van der Waals surface area (Å²) in [7, 11) is 0. The summed E-state index contributed by atoms with van der Waals surface area (Å²) in [5.74, 6) is -0.338. The van der Waals surface area contributed by atoms with Crippen molar-refractivity contribution < 1.29 is 18.0 Å². The first-order valence-electron chi connectivity index (χ1n) is 9.44. The average molecular weight is 406 g/mol. The van der Waals surface area contributed by atoms with E-state index >= 15 is 0 Å². The Morgan fingerprint density at radius 2 is 1.93 bits per heavy atom. The SMILES string of the molecule is NC1CCC(Nc2nc(Nc3ccc4c(c3)CNC4=O)ncc2C(F)(F)F)CC1. The minimum atomic E-state index is -4.56. The Kier molecular flexibility index (Phi) is 5.03. The summed E-state index contributed by atoms with van der Waals surface area (Å²) < 4.78 is 40.2. The number of fused-ring (bicyclic) bond motifs is 1. The number of carbonyl (C=O) groups excluding carboxylic acids is 1. The van der Waals surface area contributed by atoms with E-state index in [0.717, 1.165) is 24.6 Å². The molecule has 1 aromatic carbocycles. The minimum Gasteiger partial charge on any atom is -0.367 e. The maximum atomic E-state index is 13.4. The molecule has 0 unspecified atom stereocenters. The maximum Gasteiger partial charge on any atom is 0.421 e. The fourth-order valence-corrected chi connectivity index (χ4v) is 3.66. The van der Waals surface area contributed by atoms with Crippen molar-refractivity contribution >= 4 is 23.4 Å². The normalized spacial score (nSPS) is 21.4. The van der Waals surface area contributed by atoms with Crippen molar-refractivity contribution in [3.05, 3.63) is 41.1 Å². The van der Waals surface area contributed by atoms with Crippen LogP contribution in [0.1, 0.15) is 47.2 Å². The predicted molar refractivity (Wildman–Crippen MR) is 102 cm³/mol. The van der Waals surface area contributed by atoms with E-state index in [4.69, 9.17) is 5.73 Å². The molecule has 0 spiro atoms. The molecule has 4 rings (SSSR count). The predicted octanol–water partition coefficient (Wildman–Crippen LogP) is 3.16. The molecule has 0 saturated heterocycles. The summed E-state index contributed by atoms with van der Waals surface area (Å²) in [4.78, 5) is 19.6. The van der Waals surface area contributed by atoms with Crippen LogP contribution >= 0.6 is 0 Å². The zero-order chi connectivity index (χ0) is 20.6. The number of hydrogen-bond donors (Lipinski definition) is 4. The van der Waals surface area contributed by atoms with Crippen LogP contribution < -0.4 is 21.7 Å². The highest BCUT2D eigenvalue weighted by molar-refractivity contribution is 5.98. The highest BCUT2D eigenvalue weighted by Crippen LogP contribution is 2.35. The summed E-state index contributed by atoms with van der Waals surface area (Å²) in [6.45, 7) is 0.411. The zero-order valence-corrected chi connectivity index (χ0v) is 15.5. The van der Waals surface area contributed by atoms with E-state index in [1.54, 1.807) is 18.2 Å². The van der Waals surface area contributed by atoms with Crippen molar-refractivity contribution in [2.24, 2.45) is 5.73 Å². The lowest BCUT2D eigenvalue weighted by Gasteiger charge is -2.28. The average Bonchev–Trinajstić information content (AvgIpc) is 3.03. The number of nitrogens with zero attached hydrogens (tertiary/aromatic N) is 2. The third-order valence-corrected chi connectivity index (χ3v) is 5.25. The summed E-state index contributed by atoms with van der Waals surface area (Å²) in [5.41, 5.74) is 6.96. The number of alkyl halides is 3. The molecule has 1 saturated carbocycles. The van der Waals surface area contributed by atoms with Gasteiger partial charge in [-0.2, -0.15) is 18.2 Å². The van der Waals surface area contributed by atoms with Crippen LogP contribution in [0.4, 0.5) is 30.6 Å². The van der Waals surface area contributed by atoms with Gasteiger partial charge < -0.3 is 21.7 Å². The highest BCUT2D eigenvalue weighted by Gasteiger charge is 2.36. The van der Waals surface area contributed by atoms with Gasteiger partial charge in [0.2, 0.25) is 5.95 Å². The summed E-state index contributed by atoms with van der Waals surface area (Å²) in [5, 5.41) is 8.57. The summed E-state index contributed by atoms with van der Waals surface area (Å²) in [6, 6.07) is 5.06. The second-order valence-electron chi connectivity index (χ2n) is 7.39. The van der Waals surface area contributed by atoms with E-state index < -0.39 is 11.7 Å². The number of carbonyl (C=O) groups is 1. The van der Waals surface area contributed by atoms with Crippen LogP contribution in [-0.4, -0.2) is 28.0 Å². The molecular formula is C19H21F3N6O. The van der Waals surface area contributed by atoms with Gasteiger partial charge in [-0.25, -0.2) is 4.98 Å². The van der Waals surface area contributed by atoms with Gasteiger partial charge in [-0.15, -0.1) is 0 Å². The van der Waals surface area contributed by atoms with Gasteiger partial charge in [0.15, 0.2) is 0 Å². The number of nitrogens with one attached hydrogen (secondary N) is 3. The second kappa shape index (κ2) is 7.51. The van der Waals surface area contributed by atoms with Crippen LogP contribution in [0.2, 0.25) is 0 Å². The first-order valence-corrected chi connectivity index (χ1v) is 9.44. The molecule has 2 aliphatic rings. The van der Waals surface area contributed by atoms with Gasteiger partial charge in [0.1, 0.15) is 11.4 Å². The molecule has 29 heavy (non-hydrogen) atoms. The maximum absolute atomic E-state index is 13.4. The van der Waals surface area contributed by atoms with Crippen molar-refractivity contribution in [2.75, 3.05) is 10.6 Å². The number of anilines is 3. The lowest BCUT2D eigenvalue weighted by atomic mass is 9.92. The first-order chi connectivity index (χ1) is 13.8. The highest BCUT2D eigenvalue weighted by atomic mass is 19.4. The Morgan fingerprint density at radius 3 is 2.66 bits per heavy atom. The molecule has 5 N–H and O–H groups in total. The quantitative estimate of drug-likeness (QED) is 0.622. The molecule has 2 aromatic rings. The molecule has 154 valence electrons. The smallest absolute Gasteiger partial charge is 0.367 e. The molecule has 1 amide bonds. The molecule has 0 bridgehead atoms. The van der Waals surface area contributed by atoms with E-state index in [2.05, 4.69) is 25.9 Å². The van der Waals surface area contributed by atoms with E-state index in [-0.39, 0.29) is 29.8 Å². The minimum absolute atomic E-state index is 0.0465. The van der Waals surface area contributed by atoms with Crippen molar-refractivity contribution in [3.8, 4) is 0 Å². The van der Waals surface area contributed by atoms with Crippen molar-refractivity contribution in [1.29, 1.82) is 0 Å². The molecule has 0 radical (unpaired) electrons. The number of nitrogens with two attached hydrogens (primary N) is 1. The first kappa shape index (κ1) is 19.4. The van der Waals surface area contributed by atoms with Crippen molar-refractivity contribution in [1.82, 2.24) is 15.3 Å². The van der Waals surface area contributed by atoms with Gasteiger partial charge in [0, 0.05) is 36.1 Å². The molecule has 7 nitrogen and oxygen atoms in total. The number of rotatable bonds is 4. The van der Waals surface area contributed by atoms with Crippen LogP contribution in [-0.2, 0) is 12.7 Å². The third-order valence-electron chi connectivity index (χ3n) is 5.25. The van der Waals surface area contributed by atoms with Gasteiger partial charge in [-0.05, 0) is 49.4 Å². The van der Waals surface area contributed by atoms with E-state index in [9.17, 15) is 18.0 Å². The molecule has 10 heteroatoms. The number of hydrogen-bond acceptors (Lipinski definition) is 6. The molecule has 2 heterocycles. The summed E-state index contributed by atoms with van der Waals surface area (Å²) in [6.07, 6.45) is -0.876. The Labute approximate surface area is 165 Å². The standard InChI is InChI=1S/C19H21F3N6O/c20-19(21,22)15-9-25-18(28-16(15)26-12-3-1-11(23)2-4-12)27-13-5-6-14-10(7-13)8-24-17(14)29/h5-7,9,11-12H,1-4,8,23H2,(H,24,29)(H2,25,26,27,28). The molecule has 1 aliphatic heterocycles. The van der Waals surface area contributed by atoms with Crippen LogP contribution in [0.25, 0.3) is 0 Å². The monoisotopic (exact) mass is 406 g/mol. The lowest BCUT2D eigenvalue weighted by Crippen LogP contribution is -2.33. The Morgan fingerprint density at radius 1 is 1.17 bits per heavy atom. The van der Waals surface area contributed by atoms with Gasteiger partial charge in [0.05, 0.1) is 0 Å². The van der Waals surface area contributed by atoms with Gasteiger partial charge in [0.25, 0.3) is 5.91 Å². The van der Waals surface area contributed by atoms with Gasteiger partial charge in [-0.3, -0.25) is 4.79 Å². The van der Waals surface area contributed by atoms with Crippen LogP contribution in [0, 0.1) is 0 Å². The molecular weight excluding hydrogens is 385 g/mol. The lowest BCUT2D eigenvalue weighted by molar-refractivity contribution is -0.137. The number of halogens is 3. The second-order valence-corrected chi connectivity index (χ2v) is 7.39. The third kappa shape index (κ3) is 4.26. The van der Waals surface area contributed by atoms with Crippen LogP contribution in [0.15, 0.2) is 24.4 Å². The molecule has 1 aliphatic carbocycles. The molecule has 1 aromatic heterocycles. The number of aromatic nitrogens is 2. The van der Waals surface area contributed by atoms with Gasteiger partial charge >= 0.3 is 6.18 Å². The largest absolute Gasteiger partial charge is 0.421 e. The Bertz CT molecular complexity index is 925. The molecule has 0 atom stereocenters. The topological polar surface area (TPSA) is 105 Å². The fraction of sp³-hybridized carbons (Fsp3) is 0.421. The number of amides is 1. The fourth-order valence-electron chi connectivity index (χ4n) is 3.66. The van der Waals surface area contributed by atoms with Crippen LogP contribution in [0.5, 0.6) is 0 Å². The Balaban J connectivity index is 1.57. The van der Waals surface area contributed by atoms with Crippen molar-refractivity contribution in [2.45, 2.75) is 50.5 Å². The van der Waals surface area contributed by atoms with E-state index in [0.29, 0.717) is 30.6 Å². The zero-order valence-electron chi connectivity index (χ0n) is 15.5.